The molecule has 1 nitrogen and oxygen atoms in total. The lowest BCUT2D eigenvalue weighted by molar-refractivity contribution is 0.177. The highest BCUT2D eigenvalue weighted by Crippen LogP contribution is 2.00. The van der Waals surface area contributed by atoms with Crippen LogP contribution in [0.3, 0.4) is 0 Å². The van der Waals surface area contributed by atoms with E-state index < -0.39 is 0 Å². The summed E-state index contributed by atoms with van der Waals surface area (Å²) in [6.45, 7) is 0.726. The van der Waals surface area contributed by atoms with E-state index in [0.29, 0.717) is 0 Å². The van der Waals surface area contributed by atoms with Crippen LogP contribution < -0.4 is 0 Å². The lowest BCUT2D eigenvalue weighted by Crippen LogP contribution is -1.88. The van der Waals surface area contributed by atoms with Crippen molar-refractivity contribution in [3.8, 4) is 0 Å². The highest BCUT2D eigenvalue weighted by Gasteiger charge is 1.87. The first-order valence-corrected chi connectivity index (χ1v) is 4.63. The highest BCUT2D eigenvalue weighted by molar-refractivity contribution is 14.1. The monoisotopic (exact) mass is 248 g/mol. The zero-order valence-electron chi connectivity index (χ0n) is 5.59. The van der Waals surface area contributed by atoms with Gasteiger partial charge in [-0.05, 0) is 5.56 Å². The largest absolute Gasteiger partial charge is 0.366 e. The number of alkyl halides is 1. The predicted molar refractivity (Wildman–Crippen MR) is 50.1 cm³/mol. The predicted octanol–water partition coefficient (Wildman–Crippen LogP) is 2.60. The highest BCUT2D eigenvalue weighted by atomic mass is 127. The molecule has 0 aliphatic rings. The molecule has 0 N–H and O–H groups in total. The molecule has 0 saturated heterocycles. The summed E-state index contributed by atoms with van der Waals surface area (Å²) in [6.07, 6.45) is 0. The number of hydrogen-bond donors (Lipinski definition) is 0. The summed E-state index contributed by atoms with van der Waals surface area (Å²) in [5.74, 6) is 0. The van der Waals surface area contributed by atoms with E-state index in [1.54, 1.807) is 0 Å². The SMILES string of the molecule is ICOCc1ccccc1. The quantitative estimate of drug-likeness (QED) is 0.590. The Morgan fingerprint density at radius 1 is 1.20 bits per heavy atom. The third-order valence-corrected chi connectivity index (χ3v) is 1.63. The van der Waals surface area contributed by atoms with E-state index in [2.05, 4.69) is 34.7 Å². The van der Waals surface area contributed by atoms with Gasteiger partial charge >= 0.3 is 0 Å². The maximum Gasteiger partial charge on any atom is 0.0983 e. The number of rotatable bonds is 3. The maximum atomic E-state index is 5.21. The fourth-order valence-electron chi connectivity index (χ4n) is 0.731. The van der Waals surface area contributed by atoms with Crippen molar-refractivity contribution in [3.05, 3.63) is 35.9 Å². The molecule has 2 heteroatoms. The van der Waals surface area contributed by atoms with Crippen molar-refractivity contribution in [2.45, 2.75) is 6.61 Å². The Morgan fingerprint density at radius 2 is 1.90 bits per heavy atom. The molecule has 0 fully saturated rings. The molecule has 0 atom stereocenters. The third kappa shape index (κ3) is 2.66. The molecular weight excluding hydrogens is 239 g/mol. The third-order valence-electron chi connectivity index (χ3n) is 1.19. The minimum Gasteiger partial charge on any atom is -0.366 e. The van der Waals surface area contributed by atoms with Crippen LogP contribution in [-0.2, 0) is 11.3 Å². The Labute approximate surface area is 74.5 Å². The number of benzene rings is 1. The Morgan fingerprint density at radius 3 is 2.50 bits per heavy atom. The Balaban J connectivity index is 2.43. The second kappa shape index (κ2) is 4.68. The summed E-state index contributed by atoms with van der Waals surface area (Å²) in [5.41, 5.74) is 1.24. The molecule has 0 bridgehead atoms. The summed E-state index contributed by atoms with van der Waals surface area (Å²) in [4.78, 5) is 0. The van der Waals surface area contributed by atoms with Gasteiger partial charge in [-0.25, -0.2) is 0 Å². The van der Waals surface area contributed by atoms with Crippen LogP contribution >= 0.6 is 22.6 Å². The smallest absolute Gasteiger partial charge is 0.0983 e. The van der Waals surface area contributed by atoms with E-state index in [-0.39, 0.29) is 0 Å². The van der Waals surface area contributed by atoms with Gasteiger partial charge in [0, 0.05) is 0 Å². The van der Waals surface area contributed by atoms with Gasteiger partial charge in [-0.2, -0.15) is 0 Å². The number of hydrogen-bond acceptors (Lipinski definition) is 1. The normalized spacial score (nSPS) is 9.70. The van der Waals surface area contributed by atoms with Gasteiger partial charge in [0.2, 0.25) is 0 Å². The van der Waals surface area contributed by atoms with E-state index >= 15 is 0 Å². The lowest BCUT2D eigenvalue weighted by atomic mass is 10.2. The van der Waals surface area contributed by atoms with E-state index in [1.165, 1.54) is 5.56 Å². The summed E-state index contributed by atoms with van der Waals surface area (Å²) in [7, 11) is 0. The summed E-state index contributed by atoms with van der Waals surface area (Å²) in [5, 5.41) is 0. The van der Waals surface area contributed by atoms with Crippen molar-refractivity contribution >= 4 is 22.6 Å². The Hall–Kier alpha value is -0.0900. The molecule has 0 heterocycles. The zero-order chi connectivity index (χ0) is 7.23. The standard InChI is InChI=1S/C8H9IO/c9-7-10-6-8-4-2-1-3-5-8/h1-5H,6-7H2. The molecule has 0 aliphatic carbocycles. The molecule has 0 radical (unpaired) electrons. The first kappa shape index (κ1) is 8.01. The van der Waals surface area contributed by atoms with Crippen molar-refractivity contribution in [1.82, 2.24) is 0 Å². The van der Waals surface area contributed by atoms with Crippen LogP contribution in [0.25, 0.3) is 0 Å². The average molecular weight is 248 g/mol. The van der Waals surface area contributed by atoms with E-state index in [4.69, 9.17) is 4.74 Å². The van der Waals surface area contributed by atoms with Crippen molar-refractivity contribution in [1.29, 1.82) is 0 Å². The molecule has 1 rings (SSSR count). The Kier molecular flexibility index (Phi) is 3.75. The molecule has 0 spiro atoms. The summed E-state index contributed by atoms with van der Waals surface area (Å²) < 4.78 is 5.96. The van der Waals surface area contributed by atoms with Crippen molar-refractivity contribution in [2.75, 3.05) is 4.61 Å². The van der Waals surface area contributed by atoms with Crippen LogP contribution in [0.5, 0.6) is 0 Å². The molecule has 0 aliphatic heterocycles. The van der Waals surface area contributed by atoms with Crippen molar-refractivity contribution in [3.63, 3.8) is 0 Å². The van der Waals surface area contributed by atoms with Gasteiger partial charge in [0.15, 0.2) is 0 Å². The second-order valence-corrected chi connectivity index (χ2v) is 2.57. The minimum absolute atomic E-state index is 0.726. The fourth-order valence-corrected chi connectivity index (χ4v) is 0.951. The number of halogens is 1. The summed E-state index contributed by atoms with van der Waals surface area (Å²) in [6, 6.07) is 10.2. The minimum atomic E-state index is 0.726. The molecule has 0 amide bonds. The fraction of sp³-hybridized carbons (Fsp3) is 0.250. The maximum absolute atomic E-state index is 5.21. The van der Waals surface area contributed by atoms with Crippen LogP contribution in [-0.4, -0.2) is 4.61 Å². The van der Waals surface area contributed by atoms with Crippen LogP contribution in [0, 0.1) is 0 Å². The molecule has 1 aromatic carbocycles. The van der Waals surface area contributed by atoms with Gasteiger partial charge in [0.1, 0.15) is 0 Å². The van der Waals surface area contributed by atoms with Gasteiger partial charge in [-0.3, -0.25) is 0 Å². The molecular formula is C8H9IO. The van der Waals surface area contributed by atoms with E-state index in [9.17, 15) is 0 Å². The van der Waals surface area contributed by atoms with Gasteiger partial charge in [0.25, 0.3) is 0 Å². The van der Waals surface area contributed by atoms with Gasteiger partial charge in [0.05, 0.1) is 11.2 Å². The lowest BCUT2D eigenvalue weighted by Gasteiger charge is -1.98. The van der Waals surface area contributed by atoms with Crippen LogP contribution in [0.2, 0.25) is 0 Å². The van der Waals surface area contributed by atoms with Gasteiger partial charge in [-0.15, -0.1) is 0 Å². The zero-order valence-corrected chi connectivity index (χ0v) is 7.74. The average Bonchev–Trinajstić information content (AvgIpc) is 2.03. The van der Waals surface area contributed by atoms with Gasteiger partial charge in [-0.1, -0.05) is 52.9 Å². The van der Waals surface area contributed by atoms with E-state index in [0.717, 1.165) is 11.2 Å². The molecule has 54 valence electrons. The Bertz CT molecular complexity index is 174. The second-order valence-electron chi connectivity index (χ2n) is 1.94. The van der Waals surface area contributed by atoms with Crippen molar-refractivity contribution in [2.24, 2.45) is 0 Å². The first-order chi connectivity index (χ1) is 4.93. The summed E-state index contributed by atoms with van der Waals surface area (Å²) >= 11 is 2.19. The number of ether oxygens (including phenoxy) is 1. The van der Waals surface area contributed by atoms with E-state index in [1.807, 2.05) is 18.2 Å². The molecule has 0 saturated carbocycles. The topological polar surface area (TPSA) is 9.23 Å². The van der Waals surface area contributed by atoms with Crippen LogP contribution in [0.1, 0.15) is 5.56 Å². The van der Waals surface area contributed by atoms with Crippen LogP contribution in [0.4, 0.5) is 0 Å². The molecule has 0 unspecified atom stereocenters. The molecule has 1 aromatic rings. The van der Waals surface area contributed by atoms with Crippen molar-refractivity contribution < 1.29 is 4.74 Å². The van der Waals surface area contributed by atoms with Gasteiger partial charge < -0.3 is 4.74 Å². The van der Waals surface area contributed by atoms with Crippen LogP contribution in [0.15, 0.2) is 30.3 Å². The first-order valence-electron chi connectivity index (χ1n) is 3.11. The molecule has 10 heavy (non-hydrogen) atoms. The molecule has 0 aromatic heterocycles.